The van der Waals surface area contributed by atoms with Gasteiger partial charge in [0.05, 0.1) is 42.5 Å². The number of fused-ring (bicyclic) bond motifs is 31. The second-order valence-electron chi connectivity index (χ2n) is 33.1. The van der Waals surface area contributed by atoms with Crippen LogP contribution in [0.1, 0.15) is 31.9 Å². The second-order valence-corrected chi connectivity index (χ2v) is 34.1. The third-order valence-electron chi connectivity index (χ3n) is 25.5. The van der Waals surface area contributed by atoms with E-state index >= 15 is 0 Å². The lowest BCUT2D eigenvalue weighted by atomic mass is 10.2. The van der Waals surface area contributed by atoms with Gasteiger partial charge in [-0.25, -0.2) is 76.8 Å². The molecule has 0 bridgehead atoms. The minimum absolute atomic E-state index is 0.571. The molecule has 20 aromatic heterocycles. The molecule has 0 fully saturated rings. The molecule has 0 saturated heterocycles. The summed E-state index contributed by atoms with van der Waals surface area (Å²) in [4.78, 5) is 52.6. The summed E-state index contributed by atoms with van der Waals surface area (Å²) in [6.45, 7) is 2.68. The number of nitrogens with zero attached hydrogens (tertiary/aromatic N) is 23. The molecule has 4 aliphatic rings. The Bertz CT molecular complexity index is 9270. The van der Waals surface area contributed by atoms with E-state index in [1.165, 1.54) is 26.9 Å². The Labute approximate surface area is 766 Å². The fourth-order valence-electron chi connectivity index (χ4n) is 20.0. The van der Waals surface area contributed by atoms with Crippen LogP contribution in [0.25, 0.3) is 201 Å². The zero-order valence-electron chi connectivity index (χ0n) is 74.6. The van der Waals surface area contributed by atoms with Gasteiger partial charge in [0.1, 0.15) is 107 Å². The minimum Gasteiger partial charge on any atom is -0.417 e. The number of rotatable bonds is 7. The predicted octanol–water partition coefficient (Wildman–Crippen LogP) is 19.6. The molecule has 6 aromatic carbocycles. The van der Waals surface area contributed by atoms with Gasteiger partial charge in [-0.1, -0.05) is 140 Å². The number of aromatic nitrogens is 23. The van der Waals surface area contributed by atoms with Crippen LogP contribution in [0.4, 0.5) is 0 Å². The highest BCUT2D eigenvalue weighted by molar-refractivity contribution is 7.25. The SMILES string of the molecule is Cc1cccnc1-c1nc2sc3cccnc3c2n1-c1ccccc1.Cn1c2cccnc2c2c1[n+]1c(n2-c2ccccc2)-c2ncccc2C1.[2H]C([2H])([2H])n1c2cccnc2c2c1[n+]1c(n2-c2ccccc2)-c2ncccc2C1.c1ccc(-n2c3[n+](c4c2c2ncccc2n4-c2ccccc2)Cc2cccnc2-3)cc1.c1ccc(-n2c3[n+](c4oc5cccnc5c42)Cc2cccnc2-3)cc1. The van der Waals surface area contributed by atoms with Crippen molar-refractivity contribution in [3.63, 3.8) is 0 Å². The summed E-state index contributed by atoms with van der Waals surface area (Å²) in [5.41, 5.74) is 34.2. The molecule has 25 heteroatoms. The first-order valence-electron chi connectivity index (χ1n) is 45.4. The van der Waals surface area contributed by atoms with Gasteiger partial charge >= 0.3 is 11.5 Å². The zero-order valence-corrected chi connectivity index (χ0v) is 72.4. The molecule has 26 aromatic rings. The molecule has 632 valence electrons. The third-order valence-corrected chi connectivity index (χ3v) is 26.5. The maximum Gasteiger partial charge on any atom is 0.341 e. The van der Waals surface area contributed by atoms with Crippen LogP contribution in [0.3, 0.4) is 0 Å². The Kier molecular flexibility index (Phi) is 17.0. The van der Waals surface area contributed by atoms with Crippen molar-refractivity contribution in [1.29, 1.82) is 0 Å². The van der Waals surface area contributed by atoms with Crippen LogP contribution < -0.4 is 18.3 Å². The van der Waals surface area contributed by atoms with Crippen LogP contribution in [0.15, 0.2) is 370 Å². The van der Waals surface area contributed by atoms with Crippen LogP contribution in [-0.2, 0) is 40.2 Å². The maximum atomic E-state index is 8.22. The minimum atomic E-state index is -2.34. The summed E-state index contributed by atoms with van der Waals surface area (Å²) in [5.74, 6) is 5.01. The summed E-state index contributed by atoms with van der Waals surface area (Å²) in [6, 6.07) is 102. The largest absolute Gasteiger partial charge is 0.417 e. The lowest BCUT2D eigenvalue weighted by Crippen LogP contribution is -2.33. The Morgan fingerprint density at radius 1 is 0.293 bits per heavy atom. The van der Waals surface area contributed by atoms with E-state index in [2.05, 4.69) is 241 Å². The number of hydrogen-bond donors (Lipinski definition) is 0. The van der Waals surface area contributed by atoms with Gasteiger partial charge in [0.2, 0.25) is 22.1 Å². The van der Waals surface area contributed by atoms with Crippen LogP contribution in [0.2, 0.25) is 0 Å². The summed E-state index contributed by atoms with van der Waals surface area (Å²) >= 11 is 1.67. The van der Waals surface area contributed by atoms with Crippen molar-refractivity contribution in [3.05, 3.63) is 393 Å². The van der Waals surface area contributed by atoms with E-state index in [-0.39, 0.29) is 0 Å². The first kappa shape index (κ1) is 73.3. The molecule has 0 aliphatic carbocycles. The van der Waals surface area contributed by atoms with E-state index in [1.54, 1.807) is 29.8 Å². The van der Waals surface area contributed by atoms with Crippen molar-refractivity contribution in [2.45, 2.75) is 33.1 Å². The number of aryl methyl sites for hydroxylation is 3. The van der Waals surface area contributed by atoms with Gasteiger partial charge in [-0.15, -0.1) is 11.3 Å². The van der Waals surface area contributed by atoms with Crippen molar-refractivity contribution in [1.82, 2.24) is 91.4 Å². The van der Waals surface area contributed by atoms with E-state index in [0.29, 0.717) is 23.2 Å². The van der Waals surface area contributed by atoms with Gasteiger partial charge in [0, 0.05) is 89.9 Å². The molecule has 0 atom stereocenters. The number of para-hydroxylation sites is 6. The summed E-state index contributed by atoms with van der Waals surface area (Å²) < 4.78 is 58.1. The van der Waals surface area contributed by atoms with Crippen molar-refractivity contribution in [2.75, 3.05) is 0 Å². The van der Waals surface area contributed by atoms with Crippen LogP contribution >= 0.6 is 11.3 Å². The Morgan fingerprint density at radius 2 is 0.632 bits per heavy atom. The van der Waals surface area contributed by atoms with Crippen LogP contribution in [0.5, 0.6) is 0 Å². The molecule has 0 spiro atoms. The first-order chi connectivity index (χ1) is 67.1. The van der Waals surface area contributed by atoms with E-state index in [4.69, 9.17) is 33.4 Å². The molecule has 0 amide bonds. The molecule has 30 rings (SSSR count). The highest BCUT2D eigenvalue weighted by Gasteiger charge is 2.44. The van der Waals surface area contributed by atoms with E-state index < -0.39 is 6.98 Å². The van der Waals surface area contributed by atoms with Crippen molar-refractivity contribution in [2.24, 2.45) is 14.0 Å². The van der Waals surface area contributed by atoms with E-state index in [0.717, 1.165) is 210 Å². The lowest BCUT2D eigenvalue weighted by Gasteiger charge is -2.10. The van der Waals surface area contributed by atoms with Crippen LogP contribution in [0, 0.1) is 6.92 Å². The number of imidazole rings is 5. The average Bonchev–Trinajstić information content (AvgIpc) is 1.52. The molecule has 24 nitrogen and oxygen atoms in total. The quantitative estimate of drug-likeness (QED) is 0.136. The molecule has 0 saturated carbocycles. The fourth-order valence-corrected chi connectivity index (χ4v) is 21.0. The first-order valence-corrected chi connectivity index (χ1v) is 44.7. The number of thiophene rings is 1. The molecular weight excluding hydrogens is 1670 g/mol. The molecule has 4 aliphatic heterocycles. The Hall–Kier alpha value is -17.7. The van der Waals surface area contributed by atoms with Crippen molar-refractivity contribution < 1.29 is 26.8 Å². The number of benzene rings is 6. The summed E-state index contributed by atoms with van der Waals surface area (Å²) in [5, 5.41) is 0. The summed E-state index contributed by atoms with van der Waals surface area (Å²) in [6.07, 6.45) is 18.3. The molecule has 133 heavy (non-hydrogen) atoms. The number of pyridine rings is 10. The zero-order chi connectivity index (χ0) is 90.5. The molecule has 0 radical (unpaired) electrons. The van der Waals surface area contributed by atoms with Gasteiger partial charge in [-0.05, 0) is 176 Å². The fraction of sp³-hybridized carbons (Fsp3) is 0.0648. The van der Waals surface area contributed by atoms with Gasteiger partial charge < -0.3 is 4.42 Å². The molecule has 0 unspecified atom stereocenters. The molecule has 24 heterocycles. The highest BCUT2D eigenvalue weighted by Crippen LogP contribution is 2.44. The average molecular weight is 1750 g/mol. The third kappa shape index (κ3) is 11.9. The number of hydrogen-bond acceptors (Lipinski definition) is 13. The summed E-state index contributed by atoms with van der Waals surface area (Å²) in [7, 11) is 2.12. The van der Waals surface area contributed by atoms with Crippen LogP contribution in [-0.4, -0.2) is 91.4 Å². The molecule has 0 N–H and O–H groups in total. The van der Waals surface area contributed by atoms with Gasteiger partial charge in [-0.3, -0.25) is 23.7 Å². The Balaban J connectivity index is 0.0000000885. The van der Waals surface area contributed by atoms with Gasteiger partial charge in [0.25, 0.3) is 34.4 Å². The van der Waals surface area contributed by atoms with Crippen molar-refractivity contribution >= 4 is 121 Å². The second kappa shape index (κ2) is 30.8. The highest BCUT2D eigenvalue weighted by atomic mass is 32.1. The standard InChI is InChI=1S/C26H18N5.2C21H16N5.C20H13N4O.C20H14N4S/c1-3-10-19(11-4-1)30-21-14-8-16-28-23(21)24-26(30)29-17-18-9-7-15-27-22(18)25(29)31(24)20-12-5-2-6-13-20;2*1-24-16-10-6-12-23-18(16)19-21(24)25-13-14-7-5-11-22-17(14)20(25)26(19)15-8-3-2-4-9-15;1-2-7-14(8-3-1)24-18-17-15(9-5-11-22-17)25-20(18)23-12-13-6-4-10-21-16(13)19(23)24;1-13-7-5-11-21-16(13)19-23-20-18(17-15(25-20)10-6-12-22-17)24(19)14-8-3-2-4-9-14/h1-16H,17H2;2*2-12H,13H2,1H3;1-11H,12H2;2-12H,1H3/q4*+1;/i;1D3;;;. The smallest absolute Gasteiger partial charge is 0.341 e. The van der Waals surface area contributed by atoms with Crippen molar-refractivity contribution in [3.8, 4) is 91.7 Å². The van der Waals surface area contributed by atoms with E-state index in [1.807, 2.05) is 200 Å². The molecular formula is C108H77N23OS+4. The van der Waals surface area contributed by atoms with E-state index in [9.17, 15) is 0 Å². The predicted molar refractivity (Wildman–Crippen MR) is 516 cm³/mol. The van der Waals surface area contributed by atoms with Gasteiger partial charge in [0.15, 0.2) is 22.6 Å². The topological polar surface area (TPSA) is 210 Å². The maximum absolute atomic E-state index is 8.22. The monoisotopic (exact) mass is 1750 g/mol. The van der Waals surface area contributed by atoms with Gasteiger partial charge in [-0.2, -0.15) is 9.13 Å². The number of furan rings is 1. The Morgan fingerprint density at radius 3 is 1.10 bits per heavy atom. The lowest BCUT2D eigenvalue weighted by molar-refractivity contribution is -0.652. The normalized spacial score (nSPS) is 12.8.